The molecule has 0 amide bonds. The first-order valence-corrected chi connectivity index (χ1v) is 10.9. The molecule has 0 saturated heterocycles. The molecular weight excluding hydrogens is 439 g/mol. The van der Waals surface area contributed by atoms with Crippen LogP contribution < -0.4 is 10.6 Å². The summed E-state index contributed by atoms with van der Waals surface area (Å²) in [6.45, 7) is 4.53. The summed E-state index contributed by atoms with van der Waals surface area (Å²) in [5.41, 5.74) is -0.190. The van der Waals surface area contributed by atoms with Crippen molar-refractivity contribution in [2.45, 2.75) is 56.4 Å². The van der Waals surface area contributed by atoms with Crippen molar-refractivity contribution in [2.75, 3.05) is 12.4 Å². The first-order chi connectivity index (χ1) is 15.3. The molecule has 2 aromatic rings. The topological polar surface area (TPSA) is 44.3 Å². The second kappa shape index (κ2) is 6.64. The Bertz CT molecular complexity index is 1210. The minimum atomic E-state index is -4.88. The number of hydrogen-bond donors (Lipinski definition) is 3. The van der Waals surface area contributed by atoms with Gasteiger partial charge in [0.2, 0.25) is 0 Å². The van der Waals surface area contributed by atoms with Gasteiger partial charge in [-0.3, -0.25) is 0 Å². The zero-order chi connectivity index (χ0) is 24.1. The van der Waals surface area contributed by atoms with Crippen LogP contribution in [-0.2, 0) is 10.8 Å². The first kappa shape index (κ1) is 22.0. The normalized spacial score (nSPS) is 32.5. The fourth-order valence-electron chi connectivity index (χ4n) is 5.50. The Balaban J connectivity index is 1.41. The number of rotatable bonds is 4. The van der Waals surface area contributed by atoms with Crippen molar-refractivity contribution >= 4 is 5.69 Å². The van der Waals surface area contributed by atoms with Crippen molar-refractivity contribution in [1.82, 2.24) is 5.32 Å². The van der Waals surface area contributed by atoms with Crippen LogP contribution in [0.1, 0.15) is 60.3 Å². The van der Waals surface area contributed by atoms with Gasteiger partial charge in [-0.05, 0) is 54.7 Å². The first-order valence-electron chi connectivity index (χ1n) is 10.9. The summed E-state index contributed by atoms with van der Waals surface area (Å²) in [7, 11) is 1.83. The lowest BCUT2D eigenvalue weighted by Crippen LogP contribution is -2.51. The van der Waals surface area contributed by atoms with Gasteiger partial charge in [-0.2, -0.15) is 13.2 Å². The van der Waals surface area contributed by atoms with E-state index in [0.717, 1.165) is 22.9 Å². The third-order valence-electron chi connectivity index (χ3n) is 7.96. The summed E-state index contributed by atoms with van der Waals surface area (Å²) in [6.07, 6.45) is -6.60. The highest BCUT2D eigenvalue weighted by atomic mass is 19.4. The number of aliphatic hydroxyl groups is 1. The van der Waals surface area contributed by atoms with Gasteiger partial charge in [-0.25, -0.2) is 8.78 Å². The van der Waals surface area contributed by atoms with Gasteiger partial charge in [0, 0.05) is 29.6 Å². The van der Waals surface area contributed by atoms with Gasteiger partial charge in [-0.1, -0.05) is 25.1 Å². The van der Waals surface area contributed by atoms with Crippen LogP contribution in [-0.4, -0.2) is 18.3 Å². The number of anilines is 1. The molecule has 1 fully saturated rings. The molecule has 1 aliphatic heterocycles. The Morgan fingerprint density at radius 3 is 2.42 bits per heavy atom. The van der Waals surface area contributed by atoms with Crippen LogP contribution in [0.5, 0.6) is 0 Å². The summed E-state index contributed by atoms with van der Waals surface area (Å²) < 4.78 is 69.6. The zero-order valence-corrected chi connectivity index (χ0v) is 18.7. The van der Waals surface area contributed by atoms with E-state index in [-0.39, 0.29) is 23.3 Å². The molecule has 176 valence electrons. The van der Waals surface area contributed by atoms with Crippen molar-refractivity contribution in [1.29, 1.82) is 0 Å². The number of benzene rings is 2. The molecule has 0 radical (unpaired) electrons. The summed E-state index contributed by atoms with van der Waals surface area (Å²) in [5, 5.41) is 17.1. The van der Waals surface area contributed by atoms with Crippen LogP contribution in [0.25, 0.3) is 0 Å². The highest BCUT2D eigenvalue weighted by molar-refractivity contribution is 5.56. The van der Waals surface area contributed by atoms with Gasteiger partial charge in [0.15, 0.2) is 0 Å². The number of hydrogen-bond acceptors (Lipinski definition) is 3. The second-order valence-corrected chi connectivity index (χ2v) is 9.86. The molecule has 2 aromatic carbocycles. The van der Waals surface area contributed by atoms with Crippen molar-refractivity contribution < 1.29 is 27.1 Å². The molecule has 3 N–H and O–H groups in total. The fourth-order valence-corrected chi connectivity index (χ4v) is 5.50. The van der Waals surface area contributed by atoms with Gasteiger partial charge in [0.25, 0.3) is 0 Å². The third kappa shape index (κ3) is 2.78. The van der Waals surface area contributed by atoms with Crippen LogP contribution >= 0.6 is 0 Å². The molecule has 5 atom stereocenters. The Morgan fingerprint density at radius 1 is 1.15 bits per heavy atom. The summed E-state index contributed by atoms with van der Waals surface area (Å²) in [5.74, 6) is -0.963. The largest absolute Gasteiger partial charge is 0.508 e. The van der Waals surface area contributed by atoms with E-state index >= 15 is 0 Å². The van der Waals surface area contributed by atoms with Crippen LogP contribution in [0, 0.1) is 18.7 Å². The molecule has 3 aliphatic rings. The molecule has 8 heteroatoms. The average molecular weight is 464 g/mol. The van der Waals surface area contributed by atoms with Crippen molar-refractivity contribution in [2.24, 2.45) is 5.92 Å². The summed E-state index contributed by atoms with van der Waals surface area (Å²) in [6, 6.07) is 7.96. The number of halogens is 5. The molecule has 0 aromatic heterocycles. The lowest BCUT2D eigenvalue weighted by atomic mass is 9.62. The van der Waals surface area contributed by atoms with E-state index in [2.05, 4.69) is 10.6 Å². The number of alkyl halides is 4. The molecule has 3 nitrogen and oxygen atoms in total. The number of aryl methyl sites for hydroxylation is 1. The Hall–Kier alpha value is -2.77. The predicted molar refractivity (Wildman–Crippen MR) is 115 cm³/mol. The van der Waals surface area contributed by atoms with Crippen molar-refractivity contribution in [3.63, 3.8) is 0 Å². The number of nitrogens with one attached hydrogen (secondary N) is 2. The molecule has 0 spiro atoms. The monoisotopic (exact) mass is 464 g/mol. The van der Waals surface area contributed by atoms with E-state index in [4.69, 9.17) is 0 Å². The van der Waals surface area contributed by atoms with Gasteiger partial charge in [0.1, 0.15) is 29.2 Å². The lowest BCUT2D eigenvalue weighted by molar-refractivity contribution is -0.215. The minimum Gasteiger partial charge on any atom is -0.508 e. The molecule has 0 bridgehead atoms. The quantitative estimate of drug-likeness (QED) is 0.458. The zero-order valence-electron chi connectivity index (χ0n) is 18.7. The van der Waals surface area contributed by atoms with Gasteiger partial charge in [-0.15, -0.1) is 0 Å². The third-order valence-corrected chi connectivity index (χ3v) is 7.96. The molecule has 1 heterocycles. The smallest absolute Gasteiger partial charge is 0.401 e. The van der Waals surface area contributed by atoms with Crippen LogP contribution in [0.15, 0.2) is 41.8 Å². The van der Waals surface area contributed by atoms with Crippen LogP contribution in [0.4, 0.5) is 27.6 Å². The van der Waals surface area contributed by atoms with Gasteiger partial charge < -0.3 is 15.7 Å². The van der Waals surface area contributed by atoms with Crippen molar-refractivity contribution in [3.8, 4) is 0 Å². The Kier molecular flexibility index (Phi) is 4.44. The average Bonchev–Trinajstić information content (AvgIpc) is 3.42. The van der Waals surface area contributed by atoms with E-state index < -0.39 is 34.6 Å². The van der Waals surface area contributed by atoms with E-state index in [1.807, 2.05) is 39.1 Å². The maximum Gasteiger partial charge on any atom is 0.401 e. The number of aliphatic hydroxyl groups excluding tert-OH is 1. The van der Waals surface area contributed by atoms with E-state index in [0.29, 0.717) is 24.6 Å². The highest BCUT2D eigenvalue weighted by Crippen LogP contribution is 2.64. The Morgan fingerprint density at radius 2 is 1.85 bits per heavy atom. The summed E-state index contributed by atoms with van der Waals surface area (Å²) in [4.78, 5) is 0. The minimum absolute atomic E-state index is 0.143. The highest BCUT2D eigenvalue weighted by Gasteiger charge is 2.67. The molecule has 33 heavy (non-hydrogen) atoms. The van der Waals surface area contributed by atoms with Crippen LogP contribution in [0.2, 0.25) is 0 Å². The maximum atomic E-state index is 14.8. The van der Waals surface area contributed by atoms with E-state index in [1.165, 1.54) is 6.07 Å². The van der Waals surface area contributed by atoms with E-state index in [1.54, 1.807) is 0 Å². The Labute approximate surface area is 188 Å². The van der Waals surface area contributed by atoms with E-state index in [9.17, 15) is 27.1 Å². The molecular formula is C25H25F5N2O. The number of fused-ring (bicyclic) bond motifs is 1. The lowest BCUT2D eigenvalue weighted by Gasteiger charge is -2.46. The molecule has 4 unspecified atom stereocenters. The maximum absolute atomic E-state index is 14.8. The SMILES string of the molecule is CNc1ccc([C@@H]2NC(C3CC3(C)c3cc(F)c4c(c3)C(F)C4(C)C(F)(F)F)=C2O)cc1C. The van der Waals surface area contributed by atoms with Crippen molar-refractivity contribution in [3.05, 3.63) is 75.4 Å². The number of allylic oxidation sites excluding steroid dienone is 1. The second-order valence-electron chi connectivity index (χ2n) is 9.86. The molecule has 1 saturated carbocycles. The molecule has 2 aliphatic carbocycles. The molecule has 5 rings (SSSR count). The van der Waals surface area contributed by atoms with Gasteiger partial charge in [0.05, 0.1) is 5.70 Å². The summed E-state index contributed by atoms with van der Waals surface area (Å²) >= 11 is 0. The fraction of sp³-hybridized carbons (Fsp3) is 0.440. The standard InChI is InChI=1S/C25H25F5N2O/c1-11-7-12(5-6-17(11)31-4)19-21(33)20(32-19)15-10-23(15,2)13-8-14-18(16(26)9-13)24(3,22(14)27)25(28,29)30/h5-9,15,19,22,31-33H,10H2,1-4H3/t15?,19-,22?,23?,24?/m0/s1. The predicted octanol–water partition coefficient (Wildman–Crippen LogP) is 6.41. The van der Waals surface area contributed by atoms with Crippen LogP contribution in [0.3, 0.4) is 0 Å². The van der Waals surface area contributed by atoms with Gasteiger partial charge >= 0.3 is 6.18 Å².